The van der Waals surface area contributed by atoms with Crippen LogP contribution in [0.5, 0.6) is 0 Å². The molecule has 0 aliphatic carbocycles. The van der Waals surface area contributed by atoms with Crippen LogP contribution in [0.3, 0.4) is 0 Å². The average molecular weight is 476 g/mol. The maximum Gasteiger partial charge on any atom is 0.328 e. The van der Waals surface area contributed by atoms with Crippen LogP contribution < -0.4 is 11.2 Å². The number of hydrogen-bond acceptors (Lipinski definition) is 6. The van der Waals surface area contributed by atoms with Crippen LogP contribution in [0, 0.1) is 0 Å². The first-order chi connectivity index (χ1) is 16.6. The van der Waals surface area contributed by atoms with E-state index in [0.29, 0.717) is 24.0 Å². The Morgan fingerprint density at radius 1 is 0.971 bits per heavy atom. The Labute approximate surface area is 200 Å². The minimum Gasteiger partial charge on any atom is -0.340 e. The number of nitrogens with one attached hydrogen (secondary N) is 1. The molecule has 8 nitrogen and oxygen atoms in total. The molecule has 1 aliphatic rings. The first-order valence-electron chi connectivity index (χ1n) is 11.3. The van der Waals surface area contributed by atoms with Gasteiger partial charge in [0, 0.05) is 56.6 Å². The van der Waals surface area contributed by atoms with Crippen molar-refractivity contribution in [2.45, 2.75) is 19.5 Å². The number of benzene rings is 2. The quantitative estimate of drug-likeness (QED) is 0.463. The van der Waals surface area contributed by atoms with Crippen molar-refractivity contribution in [3.8, 4) is 10.6 Å². The van der Waals surface area contributed by atoms with Crippen molar-refractivity contribution in [3.05, 3.63) is 86.5 Å². The number of aromatic nitrogens is 3. The predicted molar refractivity (Wildman–Crippen MR) is 133 cm³/mol. The van der Waals surface area contributed by atoms with Gasteiger partial charge in [-0.05, 0) is 12.1 Å². The van der Waals surface area contributed by atoms with Crippen molar-refractivity contribution >= 4 is 28.1 Å². The molecule has 174 valence electrons. The zero-order valence-electron chi connectivity index (χ0n) is 18.6. The largest absolute Gasteiger partial charge is 0.340 e. The molecule has 3 heterocycles. The molecule has 1 fully saturated rings. The van der Waals surface area contributed by atoms with Gasteiger partial charge in [0.2, 0.25) is 5.91 Å². The lowest BCUT2D eigenvalue weighted by molar-refractivity contribution is -0.133. The smallest absolute Gasteiger partial charge is 0.328 e. The van der Waals surface area contributed by atoms with Crippen LogP contribution in [0.25, 0.3) is 21.5 Å². The summed E-state index contributed by atoms with van der Waals surface area (Å²) in [4.78, 5) is 48.4. The number of fused-ring (bicyclic) bond motifs is 1. The van der Waals surface area contributed by atoms with E-state index in [1.165, 1.54) is 4.57 Å². The molecule has 1 N–H and O–H groups in total. The maximum absolute atomic E-state index is 12.8. The summed E-state index contributed by atoms with van der Waals surface area (Å²) in [5.74, 6) is 0.0156. The van der Waals surface area contributed by atoms with Crippen molar-refractivity contribution in [2.75, 3.05) is 26.2 Å². The molecule has 0 unspecified atom stereocenters. The van der Waals surface area contributed by atoms with Crippen LogP contribution in [0.15, 0.2) is 69.6 Å². The van der Waals surface area contributed by atoms with Gasteiger partial charge in [-0.1, -0.05) is 42.5 Å². The summed E-state index contributed by atoms with van der Waals surface area (Å²) in [5.41, 5.74) is 1.83. The second kappa shape index (κ2) is 9.74. The summed E-state index contributed by atoms with van der Waals surface area (Å²) in [6, 6.07) is 17.1. The second-order valence-electron chi connectivity index (χ2n) is 8.35. The lowest BCUT2D eigenvalue weighted by Gasteiger charge is -2.34. The maximum atomic E-state index is 12.8. The normalized spacial score (nSPS) is 14.5. The molecule has 0 spiro atoms. The number of thiazole rings is 1. The summed E-state index contributed by atoms with van der Waals surface area (Å²) in [5, 5.41) is 3.57. The number of nitrogens with zero attached hydrogens (tertiary/aromatic N) is 4. The van der Waals surface area contributed by atoms with Gasteiger partial charge in [-0.15, -0.1) is 11.3 Å². The molecule has 1 amide bonds. The van der Waals surface area contributed by atoms with E-state index in [2.05, 4.69) is 27.4 Å². The number of para-hydroxylation sites is 1. The van der Waals surface area contributed by atoms with Gasteiger partial charge in [-0.25, -0.2) is 9.78 Å². The van der Waals surface area contributed by atoms with E-state index in [4.69, 9.17) is 4.98 Å². The van der Waals surface area contributed by atoms with E-state index in [0.717, 1.165) is 35.9 Å². The summed E-state index contributed by atoms with van der Waals surface area (Å²) in [6.07, 6.45) is 0.211. The predicted octanol–water partition coefficient (Wildman–Crippen LogP) is 2.55. The number of rotatable bonds is 6. The molecule has 2 aromatic heterocycles. The Hall–Kier alpha value is -3.56. The van der Waals surface area contributed by atoms with Gasteiger partial charge in [0.05, 0.1) is 16.6 Å². The summed E-state index contributed by atoms with van der Waals surface area (Å²) in [7, 11) is 0. The van der Waals surface area contributed by atoms with Gasteiger partial charge in [0.25, 0.3) is 5.56 Å². The summed E-state index contributed by atoms with van der Waals surface area (Å²) < 4.78 is 1.47. The van der Waals surface area contributed by atoms with Gasteiger partial charge >= 0.3 is 5.69 Å². The topological polar surface area (TPSA) is 91.3 Å². The Kier molecular flexibility index (Phi) is 6.37. The first kappa shape index (κ1) is 22.2. The number of carbonyl (C=O) groups excluding carboxylic acids is 1. The monoisotopic (exact) mass is 475 g/mol. The lowest BCUT2D eigenvalue weighted by atomic mass is 10.2. The van der Waals surface area contributed by atoms with Crippen molar-refractivity contribution in [3.63, 3.8) is 0 Å². The molecule has 0 saturated carbocycles. The Morgan fingerprint density at radius 2 is 1.71 bits per heavy atom. The van der Waals surface area contributed by atoms with Gasteiger partial charge in [0.15, 0.2) is 0 Å². The van der Waals surface area contributed by atoms with E-state index in [9.17, 15) is 14.4 Å². The highest BCUT2D eigenvalue weighted by Gasteiger charge is 2.22. The van der Waals surface area contributed by atoms with E-state index in [1.54, 1.807) is 35.6 Å². The molecule has 1 saturated heterocycles. The first-order valence-corrected chi connectivity index (χ1v) is 12.2. The number of piperazine rings is 1. The van der Waals surface area contributed by atoms with Crippen molar-refractivity contribution < 1.29 is 4.79 Å². The second-order valence-corrected chi connectivity index (χ2v) is 9.20. The number of aromatic amines is 1. The molecular weight excluding hydrogens is 450 g/mol. The number of aryl methyl sites for hydroxylation is 1. The van der Waals surface area contributed by atoms with E-state index in [1.807, 2.05) is 23.1 Å². The zero-order valence-corrected chi connectivity index (χ0v) is 19.5. The van der Waals surface area contributed by atoms with Crippen molar-refractivity contribution in [2.24, 2.45) is 0 Å². The third kappa shape index (κ3) is 4.71. The average Bonchev–Trinajstić information content (AvgIpc) is 3.33. The van der Waals surface area contributed by atoms with Crippen LogP contribution in [0.4, 0.5) is 0 Å². The van der Waals surface area contributed by atoms with E-state index in [-0.39, 0.29) is 18.9 Å². The van der Waals surface area contributed by atoms with Gasteiger partial charge < -0.3 is 4.90 Å². The van der Waals surface area contributed by atoms with Crippen LogP contribution in [-0.4, -0.2) is 56.4 Å². The van der Waals surface area contributed by atoms with Gasteiger partial charge in [-0.2, -0.15) is 0 Å². The Bertz CT molecular complexity index is 1420. The van der Waals surface area contributed by atoms with Crippen molar-refractivity contribution in [1.82, 2.24) is 24.3 Å². The fraction of sp³-hybridized carbons (Fsp3) is 0.280. The summed E-state index contributed by atoms with van der Waals surface area (Å²) >= 11 is 1.65. The molecule has 2 aromatic carbocycles. The molecule has 0 bridgehead atoms. The van der Waals surface area contributed by atoms with E-state index < -0.39 is 11.2 Å². The van der Waals surface area contributed by atoms with Crippen LogP contribution >= 0.6 is 11.3 Å². The molecule has 34 heavy (non-hydrogen) atoms. The molecule has 4 aromatic rings. The standard InChI is InChI=1S/C25H25N5O3S/c31-22(10-11-30-21-9-5-4-8-20(21)23(32)27-25(30)33)29-14-12-28(13-15-29)16-19-17-34-24(26-19)18-6-2-1-3-7-18/h1-9,17H,10-16H2,(H,27,32,33). The number of amides is 1. The molecule has 0 radical (unpaired) electrons. The highest BCUT2D eigenvalue weighted by Crippen LogP contribution is 2.24. The molecule has 1 aliphatic heterocycles. The SMILES string of the molecule is O=C(CCn1c(=O)[nH]c(=O)c2ccccc21)N1CCN(Cc2csc(-c3ccccc3)n2)CC1. The number of H-pyrrole nitrogens is 1. The minimum absolute atomic E-state index is 0.0156. The fourth-order valence-corrected chi connectivity index (χ4v) is 5.12. The third-order valence-corrected chi connectivity index (χ3v) is 7.08. The summed E-state index contributed by atoms with van der Waals surface area (Å²) in [6.45, 7) is 3.86. The molecule has 9 heteroatoms. The number of carbonyl (C=O) groups is 1. The molecule has 0 atom stereocenters. The van der Waals surface area contributed by atoms with Crippen LogP contribution in [0.2, 0.25) is 0 Å². The Morgan fingerprint density at radius 3 is 2.50 bits per heavy atom. The Balaban J connectivity index is 1.16. The minimum atomic E-state index is -0.487. The lowest BCUT2D eigenvalue weighted by Crippen LogP contribution is -2.48. The highest BCUT2D eigenvalue weighted by atomic mass is 32.1. The fourth-order valence-electron chi connectivity index (χ4n) is 4.31. The highest BCUT2D eigenvalue weighted by molar-refractivity contribution is 7.13. The van der Waals surface area contributed by atoms with Gasteiger partial charge in [0.1, 0.15) is 5.01 Å². The zero-order chi connectivity index (χ0) is 23.5. The molecular formula is C25H25N5O3S. The van der Waals surface area contributed by atoms with Crippen LogP contribution in [-0.2, 0) is 17.9 Å². The van der Waals surface area contributed by atoms with Crippen molar-refractivity contribution in [1.29, 1.82) is 0 Å². The number of hydrogen-bond donors (Lipinski definition) is 1. The van der Waals surface area contributed by atoms with Crippen LogP contribution in [0.1, 0.15) is 12.1 Å². The third-order valence-electron chi connectivity index (χ3n) is 6.14. The molecule has 5 rings (SSSR count). The van der Waals surface area contributed by atoms with E-state index >= 15 is 0 Å². The van der Waals surface area contributed by atoms with Gasteiger partial charge in [-0.3, -0.25) is 24.0 Å².